The molecule has 0 aliphatic heterocycles. The van der Waals surface area contributed by atoms with Gasteiger partial charge < -0.3 is 10.3 Å². The third-order valence-electron chi connectivity index (χ3n) is 2.67. The van der Waals surface area contributed by atoms with Crippen LogP contribution in [0.2, 0.25) is 0 Å². The van der Waals surface area contributed by atoms with Gasteiger partial charge in [-0.05, 0) is 31.9 Å². The van der Waals surface area contributed by atoms with Crippen LogP contribution in [0, 0.1) is 13.8 Å². The molecule has 4 heteroatoms. The van der Waals surface area contributed by atoms with Gasteiger partial charge in [-0.3, -0.25) is 9.59 Å². The van der Waals surface area contributed by atoms with Crippen molar-refractivity contribution in [1.29, 1.82) is 0 Å². The van der Waals surface area contributed by atoms with E-state index >= 15 is 0 Å². The van der Waals surface area contributed by atoms with Gasteiger partial charge in [0.2, 0.25) is 5.91 Å². The van der Waals surface area contributed by atoms with E-state index < -0.39 is 0 Å². The maximum Gasteiger partial charge on any atom is 0.253 e. The van der Waals surface area contributed by atoms with E-state index in [9.17, 15) is 9.59 Å². The van der Waals surface area contributed by atoms with Gasteiger partial charge >= 0.3 is 0 Å². The predicted molar refractivity (Wildman–Crippen MR) is 67.8 cm³/mol. The highest BCUT2D eigenvalue weighted by Crippen LogP contribution is 2.04. The van der Waals surface area contributed by atoms with Crippen LogP contribution in [0.4, 0.5) is 0 Å². The fourth-order valence-electron chi connectivity index (χ4n) is 1.56. The molecule has 0 aliphatic carbocycles. The molecule has 1 aromatic rings. The van der Waals surface area contributed by atoms with Crippen LogP contribution >= 0.6 is 0 Å². The Morgan fingerprint density at radius 2 is 2.12 bits per heavy atom. The molecular formula is C13H18N2O2. The fourth-order valence-corrected chi connectivity index (χ4v) is 1.56. The lowest BCUT2D eigenvalue weighted by atomic mass is 10.1. The number of carbonyl (C=O) groups excluding carboxylic acids is 1. The Kier molecular flexibility index (Phi) is 4.26. The number of aromatic amines is 1. The van der Waals surface area contributed by atoms with Crippen molar-refractivity contribution in [3.05, 3.63) is 45.4 Å². The number of carbonyl (C=O) groups is 1. The summed E-state index contributed by atoms with van der Waals surface area (Å²) in [7, 11) is 0. The molecule has 0 spiro atoms. The lowest BCUT2D eigenvalue weighted by Crippen LogP contribution is -2.28. The summed E-state index contributed by atoms with van der Waals surface area (Å²) in [6.45, 7) is 9.44. The maximum absolute atomic E-state index is 11.7. The zero-order valence-electron chi connectivity index (χ0n) is 10.5. The van der Waals surface area contributed by atoms with Crippen LogP contribution in [-0.4, -0.2) is 10.9 Å². The van der Waals surface area contributed by atoms with Crippen molar-refractivity contribution in [2.45, 2.75) is 33.7 Å². The fraction of sp³-hybridized carbons (Fsp3) is 0.385. The van der Waals surface area contributed by atoms with E-state index in [0.29, 0.717) is 17.6 Å². The Morgan fingerprint density at radius 1 is 1.47 bits per heavy atom. The van der Waals surface area contributed by atoms with E-state index in [0.717, 1.165) is 11.3 Å². The first kappa shape index (κ1) is 13.2. The molecule has 17 heavy (non-hydrogen) atoms. The molecule has 0 fully saturated rings. The van der Waals surface area contributed by atoms with Crippen molar-refractivity contribution in [3.63, 3.8) is 0 Å². The lowest BCUT2D eigenvalue weighted by Gasteiger charge is -2.08. The van der Waals surface area contributed by atoms with Crippen LogP contribution in [0.25, 0.3) is 0 Å². The maximum atomic E-state index is 11.7. The van der Waals surface area contributed by atoms with Gasteiger partial charge in [-0.1, -0.05) is 13.5 Å². The Balaban J connectivity index is 2.80. The standard InChI is InChI=1S/C13H18N2O2/c1-5-8(2)12(16)14-7-11-9(3)6-10(4)15-13(11)17/h6H,2,5,7H2,1,3-4H3,(H,14,16)(H,15,17). The number of nitrogens with one attached hydrogen (secondary N) is 2. The summed E-state index contributed by atoms with van der Waals surface area (Å²) in [5.41, 5.74) is 2.66. The summed E-state index contributed by atoms with van der Waals surface area (Å²) >= 11 is 0. The van der Waals surface area contributed by atoms with Gasteiger partial charge in [0.15, 0.2) is 0 Å². The number of pyridine rings is 1. The first-order valence-electron chi connectivity index (χ1n) is 5.61. The largest absolute Gasteiger partial charge is 0.348 e. The van der Waals surface area contributed by atoms with Gasteiger partial charge in [-0.15, -0.1) is 0 Å². The minimum absolute atomic E-state index is 0.148. The zero-order chi connectivity index (χ0) is 13.0. The van der Waals surface area contributed by atoms with Gasteiger partial charge in [0.25, 0.3) is 5.56 Å². The monoisotopic (exact) mass is 234 g/mol. The minimum atomic E-state index is -0.202. The molecule has 4 nitrogen and oxygen atoms in total. The summed E-state index contributed by atoms with van der Waals surface area (Å²) in [6, 6.07) is 1.89. The summed E-state index contributed by atoms with van der Waals surface area (Å²) in [5.74, 6) is -0.202. The normalized spacial score (nSPS) is 10.1. The molecule has 92 valence electrons. The molecule has 2 N–H and O–H groups in total. The van der Waals surface area contributed by atoms with Gasteiger partial charge in [-0.2, -0.15) is 0 Å². The smallest absolute Gasteiger partial charge is 0.253 e. The molecule has 1 heterocycles. The highest BCUT2D eigenvalue weighted by molar-refractivity contribution is 5.92. The number of hydrogen-bond acceptors (Lipinski definition) is 2. The van der Waals surface area contributed by atoms with Crippen molar-refractivity contribution < 1.29 is 4.79 Å². The van der Waals surface area contributed by atoms with Crippen LogP contribution in [0.3, 0.4) is 0 Å². The number of rotatable bonds is 4. The topological polar surface area (TPSA) is 62.0 Å². The molecule has 0 aromatic carbocycles. The van der Waals surface area contributed by atoms with Crippen molar-refractivity contribution >= 4 is 5.91 Å². The quantitative estimate of drug-likeness (QED) is 0.777. The minimum Gasteiger partial charge on any atom is -0.348 e. The van der Waals surface area contributed by atoms with Gasteiger partial charge in [-0.25, -0.2) is 0 Å². The molecule has 0 radical (unpaired) electrons. The van der Waals surface area contributed by atoms with Gasteiger partial charge in [0, 0.05) is 23.4 Å². The first-order valence-corrected chi connectivity index (χ1v) is 5.61. The van der Waals surface area contributed by atoms with E-state index in [2.05, 4.69) is 16.9 Å². The highest BCUT2D eigenvalue weighted by atomic mass is 16.1. The number of amides is 1. The van der Waals surface area contributed by atoms with E-state index in [1.807, 2.05) is 26.8 Å². The second-order valence-electron chi connectivity index (χ2n) is 4.08. The Bertz CT molecular complexity index is 501. The second kappa shape index (κ2) is 5.48. The summed E-state index contributed by atoms with van der Waals surface area (Å²) in [6.07, 6.45) is 0.606. The molecule has 1 rings (SSSR count). The molecule has 0 saturated carbocycles. The van der Waals surface area contributed by atoms with Gasteiger partial charge in [0.1, 0.15) is 0 Å². The molecule has 1 amide bonds. The van der Waals surface area contributed by atoms with Crippen molar-refractivity contribution in [2.24, 2.45) is 0 Å². The van der Waals surface area contributed by atoms with Crippen molar-refractivity contribution in [2.75, 3.05) is 0 Å². The number of aryl methyl sites for hydroxylation is 2. The molecule has 0 aliphatic rings. The first-order chi connectivity index (χ1) is 7.95. The Labute approximate surface area is 101 Å². The zero-order valence-corrected chi connectivity index (χ0v) is 10.5. The van der Waals surface area contributed by atoms with Crippen LogP contribution in [0.15, 0.2) is 23.0 Å². The van der Waals surface area contributed by atoms with Crippen LogP contribution in [0.1, 0.15) is 30.2 Å². The molecule has 0 atom stereocenters. The lowest BCUT2D eigenvalue weighted by molar-refractivity contribution is -0.117. The summed E-state index contributed by atoms with van der Waals surface area (Å²) in [5, 5.41) is 2.69. The Morgan fingerprint density at radius 3 is 2.65 bits per heavy atom. The third-order valence-corrected chi connectivity index (χ3v) is 2.67. The van der Waals surface area contributed by atoms with Gasteiger partial charge in [0.05, 0.1) is 0 Å². The van der Waals surface area contributed by atoms with E-state index in [1.54, 1.807) is 0 Å². The molecule has 0 bridgehead atoms. The summed E-state index contributed by atoms with van der Waals surface area (Å²) in [4.78, 5) is 25.9. The summed E-state index contributed by atoms with van der Waals surface area (Å²) < 4.78 is 0. The van der Waals surface area contributed by atoms with E-state index in [-0.39, 0.29) is 18.0 Å². The van der Waals surface area contributed by atoms with E-state index in [1.165, 1.54) is 0 Å². The molecule has 0 unspecified atom stereocenters. The predicted octanol–water partition coefficient (Wildman–Crippen LogP) is 1.57. The van der Waals surface area contributed by atoms with E-state index in [4.69, 9.17) is 0 Å². The number of H-pyrrole nitrogens is 1. The number of aromatic nitrogens is 1. The molecule has 0 saturated heterocycles. The van der Waals surface area contributed by atoms with Crippen LogP contribution in [0.5, 0.6) is 0 Å². The van der Waals surface area contributed by atoms with Crippen molar-refractivity contribution in [1.82, 2.24) is 10.3 Å². The molecule has 1 aromatic heterocycles. The second-order valence-corrected chi connectivity index (χ2v) is 4.08. The third kappa shape index (κ3) is 3.31. The highest BCUT2D eigenvalue weighted by Gasteiger charge is 2.08. The van der Waals surface area contributed by atoms with Crippen LogP contribution < -0.4 is 10.9 Å². The Hall–Kier alpha value is -1.84. The number of hydrogen-bond donors (Lipinski definition) is 2. The van der Waals surface area contributed by atoms with Crippen molar-refractivity contribution in [3.8, 4) is 0 Å². The van der Waals surface area contributed by atoms with Crippen LogP contribution in [-0.2, 0) is 11.3 Å². The average molecular weight is 234 g/mol. The average Bonchev–Trinajstić information content (AvgIpc) is 2.26. The molecular weight excluding hydrogens is 216 g/mol. The SMILES string of the molecule is C=C(CC)C(=O)NCc1c(C)cc(C)[nH]c1=O.